The van der Waals surface area contributed by atoms with Gasteiger partial charge in [0.25, 0.3) is 11.8 Å². The van der Waals surface area contributed by atoms with Crippen LogP contribution < -0.4 is 19.7 Å². The maximum absolute atomic E-state index is 13.6. The first-order valence-electron chi connectivity index (χ1n) is 10.2. The average molecular weight is 444 g/mol. The quantitative estimate of drug-likeness (QED) is 0.650. The Balaban J connectivity index is 1.60. The number of benzene rings is 2. The molecule has 9 heteroatoms. The highest BCUT2D eigenvalue weighted by atomic mass is 16.5. The van der Waals surface area contributed by atoms with E-state index in [1.54, 1.807) is 60.9 Å². The van der Waals surface area contributed by atoms with Crippen LogP contribution in [0.25, 0.3) is 0 Å². The summed E-state index contributed by atoms with van der Waals surface area (Å²) >= 11 is 0. The van der Waals surface area contributed by atoms with Crippen molar-refractivity contribution in [3.63, 3.8) is 0 Å². The van der Waals surface area contributed by atoms with Gasteiger partial charge in [-0.3, -0.25) is 24.3 Å². The van der Waals surface area contributed by atoms with Crippen LogP contribution in [0.15, 0.2) is 60.9 Å². The molecular formula is C24H20N4O5. The van der Waals surface area contributed by atoms with Gasteiger partial charge in [-0.1, -0.05) is 18.2 Å². The number of nitrogens with one attached hydrogen (secondary N) is 1. The molecule has 3 heterocycles. The third-order valence-electron chi connectivity index (χ3n) is 5.76. The molecule has 3 aromatic rings. The molecule has 2 aromatic carbocycles. The van der Waals surface area contributed by atoms with Gasteiger partial charge in [-0.15, -0.1) is 0 Å². The van der Waals surface area contributed by atoms with E-state index in [-0.39, 0.29) is 18.4 Å². The fourth-order valence-electron chi connectivity index (χ4n) is 4.38. The number of amides is 3. The number of aromatic nitrogens is 1. The fraction of sp³-hybridized carbons (Fsp3) is 0.167. The van der Waals surface area contributed by atoms with Gasteiger partial charge in [0.1, 0.15) is 12.7 Å². The van der Waals surface area contributed by atoms with E-state index < -0.39 is 12.1 Å². The predicted molar refractivity (Wildman–Crippen MR) is 119 cm³/mol. The molecule has 0 saturated heterocycles. The van der Waals surface area contributed by atoms with Crippen molar-refractivity contribution in [2.24, 2.45) is 0 Å². The Labute approximate surface area is 189 Å². The van der Waals surface area contributed by atoms with Crippen LogP contribution in [0.2, 0.25) is 0 Å². The number of para-hydroxylation sites is 1. The number of carbonyl (C=O) groups excluding carboxylic acids is 3. The second kappa shape index (κ2) is 7.94. The Bertz CT molecular complexity index is 1280. The summed E-state index contributed by atoms with van der Waals surface area (Å²) in [6, 6.07) is 13.6. The zero-order valence-corrected chi connectivity index (χ0v) is 17.9. The van der Waals surface area contributed by atoms with Gasteiger partial charge >= 0.3 is 0 Å². The van der Waals surface area contributed by atoms with E-state index in [0.717, 1.165) is 0 Å². The van der Waals surface area contributed by atoms with E-state index in [1.165, 1.54) is 24.0 Å². The Kier molecular flexibility index (Phi) is 4.93. The average Bonchev–Trinajstić information content (AvgIpc) is 3.14. The van der Waals surface area contributed by atoms with Gasteiger partial charge in [0.05, 0.1) is 31.0 Å². The lowest BCUT2D eigenvalue weighted by Crippen LogP contribution is -2.50. The summed E-state index contributed by atoms with van der Waals surface area (Å²) in [5, 5.41) is 2.77. The zero-order valence-electron chi connectivity index (χ0n) is 17.9. The first-order chi connectivity index (χ1) is 16.0. The van der Waals surface area contributed by atoms with E-state index in [9.17, 15) is 14.4 Å². The van der Waals surface area contributed by atoms with Gasteiger partial charge in [-0.25, -0.2) is 0 Å². The molecule has 0 fully saturated rings. The first-order valence-corrected chi connectivity index (χ1v) is 10.2. The minimum atomic E-state index is -0.794. The number of hydrogen-bond acceptors (Lipinski definition) is 6. The van der Waals surface area contributed by atoms with E-state index in [2.05, 4.69) is 10.3 Å². The van der Waals surface area contributed by atoms with Crippen LogP contribution in [0.5, 0.6) is 11.5 Å². The number of hydrogen-bond donors (Lipinski definition) is 1. The minimum absolute atomic E-state index is 0.252. The van der Waals surface area contributed by atoms with E-state index in [4.69, 9.17) is 9.47 Å². The largest absolute Gasteiger partial charge is 0.493 e. The maximum Gasteiger partial charge on any atom is 0.264 e. The van der Waals surface area contributed by atoms with Crippen molar-refractivity contribution < 1.29 is 23.9 Å². The molecule has 0 saturated carbocycles. The molecule has 166 valence electrons. The van der Waals surface area contributed by atoms with E-state index in [0.29, 0.717) is 39.6 Å². The van der Waals surface area contributed by atoms with Gasteiger partial charge in [-0.05, 0) is 30.3 Å². The van der Waals surface area contributed by atoms with Gasteiger partial charge in [0.15, 0.2) is 11.5 Å². The normalized spacial score (nSPS) is 16.1. The molecule has 1 atom stereocenters. The standard InChI is InChI=1S/C24H20N4O5/c1-32-18-8-7-16-20(21(18)33-2)24(31)28-17-6-4-3-5-15(17)23(30)27(22(16)28)13-19(29)26-14-9-11-25-12-10-14/h3-12,22H,13H2,1-2H3,(H,25,26,29). The van der Waals surface area contributed by atoms with Crippen molar-refractivity contribution in [1.29, 1.82) is 0 Å². The lowest BCUT2D eigenvalue weighted by Gasteiger charge is -2.40. The van der Waals surface area contributed by atoms with Crippen LogP contribution in [-0.4, -0.2) is 48.4 Å². The van der Waals surface area contributed by atoms with Gasteiger partial charge in [0.2, 0.25) is 5.91 Å². The van der Waals surface area contributed by atoms with Crippen molar-refractivity contribution in [3.8, 4) is 11.5 Å². The Hall–Kier alpha value is -4.40. The second-order valence-corrected chi connectivity index (χ2v) is 7.55. The highest BCUT2D eigenvalue weighted by Crippen LogP contribution is 2.49. The number of anilines is 2. The third-order valence-corrected chi connectivity index (χ3v) is 5.76. The Morgan fingerprint density at radius 1 is 1.00 bits per heavy atom. The summed E-state index contributed by atoms with van der Waals surface area (Å²) in [4.78, 5) is 46.8. The van der Waals surface area contributed by atoms with Crippen LogP contribution in [-0.2, 0) is 4.79 Å². The number of nitrogens with zero attached hydrogens (tertiary/aromatic N) is 3. The first kappa shape index (κ1) is 20.5. The summed E-state index contributed by atoms with van der Waals surface area (Å²) < 4.78 is 10.9. The number of pyridine rings is 1. The lowest BCUT2D eigenvalue weighted by molar-refractivity contribution is -0.117. The smallest absolute Gasteiger partial charge is 0.264 e. The molecular weight excluding hydrogens is 424 g/mol. The number of rotatable bonds is 5. The van der Waals surface area contributed by atoms with E-state index in [1.807, 2.05) is 0 Å². The molecule has 1 unspecified atom stereocenters. The molecule has 2 aliphatic heterocycles. The van der Waals surface area contributed by atoms with Crippen LogP contribution >= 0.6 is 0 Å². The molecule has 1 N–H and O–H groups in total. The Morgan fingerprint density at radius 2 is 1.76 bits per heavy atom. The van der Waals surface area contributed by atoms with Crippen molar-refractivity contribution in [3.05, 3.63) is 77.6 Å². The monoisotopic (exact) mass is 444 g/mol. The second-order valence-electron chi connectivity index (χ2n) is 7.55. The van der Waals surface area contributed by atoms with Crippen LogP contribution in [0.4, 0.5) is 11.4 Å². The molecule has 0 radical (unpaired) electrons. The Morgan fingerprint density at radius 3 is 2.48 bits per heavy atom. The molecule has 0 aliphatic carbocycles. The van der Waals surface area contributed by atoms with Crippen molar-refractivity contribution in [1.82, 2.24) is 9.88 Å². The molecule has 1 aromatic heterocycles. The number of carbonyl (C=O) groups is 3. The predicted octanol–water partition coefficient (Wildman–Crippen LogP) is 2.85. The molecule has 0 bridgehead atoms. The lowest BCUT2D eigenvalue weighted by atomic mass is 10.0. The summed E-state index contributed by atoms with van der Waals surface area (Å²) in [7, 11) is 2.95. The zero-order chi connectivity index (χ0) is 23.1. The third kappa shape index (κ3) is 3.16. The van der Waals surface area contributed by atoms with Gasteiger partial charge < -0.3 is 19.7 Å². The summed E-state index contributed by atoms with van der Waals surface area (Å²) in [6.07, 6.45) is 2.33. The summed E-state index contributed by atoms with van der Waals surface area (Å²) in [6.45, 7) is -0.252. The highest BCUT2D eigenvalue weighted by molar-refractivity contribution is 6.18. The number of methoxy groups -OCH3 is 2. The SMILES string of the molecule is COc1ccc2c(c1OC)C(=O)N1c3ccccc3C(=O)N(CC(=O)Nc3ccncc3)C21. The van der Waals surface area contributed by atoms with Crippen molar-refractivity contribution >= 4 is 29.1 Å². The van der Waals surface area contributed by atoms with Crippen LogP contribution in [0, 0.1) is 0 Å². The maximum atomic E-state index is 13.6. The van der Waals surface area contributed by atoms with Crippen LogP contribution in [0.3, 0.4) is 0 Å². The number of ether oxygens (including phenoxy) is 2. The van der Waals surface area contributed by atoms with Gasteiger partial charge in [-0.2, -0.15) is 0 Å². The molecule has 0 spiro atoms. The van der Waals surface area contributed by atoms with Gasteiger partial charge in [0, 0.05) is 23.6 Å². The highest BCUT2D eigenvalue weighted by Gasteiger charge is 2.50. The van der Waals surface area contributed by atoms with Crippen LogP contribution in [0.1, 0.15) is 32.4 Å². The molecule has 33 heavy (non-hydrogen) atoms. The summed E-state index contributed by atoms with van der Waals surface area (Å²) in [5.74, 6) is -0.362. The van der Waals surface area contributed by atoms with Crippen molar-refractivity contribution in [2.45, 2.75) is 6.17 Å². The minimum Gasteiger partial charge on any atom is -0.493 e. The summed E-state index contributed by atoms with van der Waals surface area (Å²) in [5.41, 5.74) is 2.27. The molecule has 5 rings (SSSR count). The number of fused-ring (bicyclic) bond motifs is 5. The molecule has 9 nitrogen and oxygen atoms in total. The van der Waals surface area contributed by atoms with E-state index >= 15 is 0 Å². The molecule has 2 aliphatic rings. The molecule has 3 amide bonds. The topological polar surface area (TPSA) is 101 Å². The van der Waals surface area contributed by atoms with Crippen molar-refractivity contribution in [2.75, 3.05) is 31.0 Å². The fourth-order valence-corrected chi connectivity index (χ4v) is 4.38.